The summed E-state index contributed by atoms with van der Waals surface area (Å²) in [7, 11) is 1.54. The first-order valence-electron chi connectivity index (χ1n) is 15.5. The van der Waals surface area contributed by atoms with Crippen LogP contribution in [0, 0.1) is 5.92 Å². The predicted molar refractivity (Wildman–Crippen MR) is 164 cm³/mol. The van der Waals surface area contributed by atoms with Gasteiger partial charge in [-0.05, 0) is 67.9 Å². The lowest BCUT2D eigenvalue weighted by Crippen LogP contribution is -2.61. The fraction of sp³-hybridized carbons (Fsp3) is 0.545. The summed E-state index contributed by atoms with van der Waals surface area (Å²) in [6.45, 7) is 2.68. The Morgan fingerprint density at radius 2 is 1.67 bits per heavy atom. The van der Waals surface area contributed by atoms with Gasteiger partial charge in [-0.2, -0.15) is 0 Å². The highest BCUT2D eigenvalue weighted by molar-refractivity contribution is 5.93. The summed E-state index contributed by atoms with van der Waals surface area (Å²) >= 11 is 0. The van der Waals surface area contributed by atoms with Crippen LogP contribution in [-0.2, 0) is 27.2 Å². The molecule has 10 heteroatoms. The van der Waals surface area contributed by atoms with Gasteiger partial charge in [0.1, 0.15) is 30.2 Å². The number of rotatable bonds is 4. The van der Waals surface area contributed by atoms with Crippen LogP contribution in [-0.4, -0.2) is 83.8 Å². The molecule has 0 aromatic heterocycles. The van der Waals surface area contributed by atoms with E-state index in [-0.39, 0.29) is 29.9 Å². The molecule has 1 fully saturated rings. The number of hydrogen-bond donors (Lipinski definition) is 5. The maximum Gasteiger partial charge on any atom is 0.246 e. The van der Waals surface area contributed by atoms with Gasteiger partial charge in [0.15, 0.2) is 0 Å². The monoisotopic (exact) mass is 594 g/mol. The molecule has 0 saturated heterocycles. The molecule has 43 heavy (non-hydrogen) atoms. The van der Waals surface area contributed by atoms with Gasteiger partial charge in [0.05, 0.1) is 12.1 Å². The van der Waals surface area contributed by atoms with Crippen LogP contribution in [0.25, 0.3) is 0 Å². The number of hydrogen-bond acceptors (Lipinski definition) is 7. The molecule has 1 saturated carbocycles. The van der Waals surface area contributed by atoms with Crippen molar-refractivity contribution in [2.24, 2.45) is 5.92 Å². The molecule has 0 spiro atoms. The van der Waals surface area contributed by atoms with E-state index < -0.39 is 30.1 Å². The van der Waals surface area contributed by atoms with E-state index in [1.165, 1.54) is 31.0 Å². The van der Waals surface area contributed by atoms with Crippen LogP contribution in [0.2, 0.25) is 0 Å². The van der Waals surface area contributed by atoms with Crippen molar-refractivity contribution < 1.29 is 29.3 Å². The number of aromatic hydroxyl groups is 1. The first-order valence-corrected chi connectivity index (χ1v) is 15.5. The lowest BCUT2D eigenvalue weighted by atomic mass is 9.83. The largest absolute Gasteiger partial charge is 0.508 e. The molecule has 2 aromatic rings. The van der Waals surface area contributed by atoms with Gasteiger partial charge < -0.3 is 35.8 Å². The lowest BCUT2D eigenvalue weighted by Gasteiger charge is -2.37. The molecular formula is C33H46N4O6. The number of aliphatic hydroxyl groups is 1. The van der Waals surface area contributed by atoms with E-state index in [2.05, 4.69) is 16.0 Å². The van der Waals surface area contributed by atoms with Gasteiger partial charge >= 0.3 is 0 Å². The maximum absolute atomic E-state index is 14.0. The zero-order chi connectivity index (χ0) is 30.8. The molecule has 1 heterocycles. The number of amides is 3. The number of aliphatic hydroxyl groups excluding tert-OH is 1. The van der Waals surface area contributed by atoms with Crippen molar-refractivity contribution >= 4 is 17.7 Å². The van der Waals surface area contributed by atoms with Crippen molar-refractivity contribution in [2.75, 3.05) is 26.7 Å². The van der Waals surface area contributed by atoms with E-state index in [9.17, 15) is 24.6 Å². The number of carbonyl (C=O) groups excluding carboxylic acids is 3. The van der Waals surface area contributed by atoms with E-state index in [4.69, 9.17) is 4.74 Å². The molecule has 0 bridgehead atoms. The molecule has 2 aliphatic rings. The second-order valence-corrected chi connectivity index (χ2v) is 11.7. The summed E-state index contributed by atoms with van der Waals surface area (Å²) in [5.74, 6) is -0.262. The fourth-order valence-electron chi connectivity index (χ4n) is 6.17. The van der Waals surface area contributed by atoms with Crippen molar-refractivity contribution in [3.8, 4) is 11.5 Å². The number of likely N-dealkylation sites (N-methyl/N-ethyl adjacent to an activating group) is 1. The molecular weight excluding hydrogens is 548 g/mol. The third-order valence-corrected chi connectivity index (χ3v) is 8.51. The number of nitrogens with zero attached hydrogens (tertiary/aromatic N) is 1. The quantitative estimate of drug-likeness (QED) is 0.366. The summed E-state index contributed by atoms with van der Waals surface area (Å²) in [5.41, 5.74) is 1.78. The van der Waals surface area contributed by atoms with Gasteiger partial charge in [-0.1, -0.05) is 49.6 Å². The van der Waals surface area contributed by atoms with Gasteiger partial charge in [0.2, 0.25) is 17.7 Å². The van der Waals surface area contributed by atoms with E-state index >= 15 is 0 Å². The average Bonchev–Trinajstić information content (AvgIpc) is 3.00. The molecule has 0 radical (unpaired) electrons. The minimum atomic E-state index is -1.20. The van der Waals surface area contributed by atoms with E-state index in [0.717, 1.165) is 49.0 Å². The molecule has 3 amide bonds. The Labute approximate surface area is 254 Å². The third kappa shape index (κ3) is 8.93. The van der Waals surface area contributed by atoms with Crippen LogP contribution in [0.1, 0.15) is 56.6 Å². The summed E-state index contributed by atoms with van der Waals surface area (Å²) in [6, 6.07) is 11.6. The van der Waals surface area contributed by atoms with Crippen molar-refractivity contribution in [1.29, 1.82) is 0 Å². The molecule has 4 rings (SSSR count). The maximum atomic E-state index is 14.0. The fourth-order valence-corrected chi connectivity index (χ4v) is 6.17. The van der Waals surface area contributed by atoms with Crippen molar-refractivity contribution in [1.82, 2.24) is 20.9 Å². The number of phenols is 1. The van der Waals surface area contributed by atoms with Crippen LogP contribution in [0.15, 0.2) is 48.5 Å². The molecule has 1 aliphatic heterocycles. The number of nitrogens with one attached hydrogen (secondary N) is 3. The second-order valence-electron chi connectivity index (χ2n) is 11.7. The topological polar surface area (TPSA) is 140 Å². The predicted octanol–water partition coefficient (Wildman–Crippen LogP) is 2.31. The first kappa shape index (κ1) is 32.3. The van der Waals surface area contributed by atoms with Crippen LogP contribution in [0.5, 0.6) is 11.5 Å². The number of carbonyl (C=O) groups is 3. The van der Waals surface area contributed by atoms with E-state index in [1.54, 1.807) is 12.1 Å². The Kier molecular flexibility index (Phi) is 11.8. The highest BCUT2D eigenvalue weighted by Crippen LogP contribution is 2.28. The SMILES string of the molecule is CC(O)[C@H]1C(=O)N[C@H](Cc2ccc(O)cc2)C(=O)NCCCc2ccccc2OCCN[C@@H](C2CCCCC2)C(=O)N1C. The standard InChI is InChI=1S/C33H46N4O6/c1-22(38)30-32(41)36-27(21-23-14-16-26(39)17-15-23)31(40)35-18-8-12-24-9-6-7-13-28(24)43-20-19-34-29(33(42)37(30)2)25-10-4-3-5-11-25/h6-7,9,13-17,22,25,27,29-30,34,38-39H,3-5,8,10-12,18-21H2,1-2H3,(H,35,40)(H,36,41)/t22?,27-,29+,30+/m1/s1. The van der Waals surface area contributed by atoms with Gasteiger partial charge in [0, 0.05) is 26.6 Å². The molecule has 1 unspecified atom stereocenters. The zero-order valence-corrected chi connectivity index (χ0v) is 25.3. The van der Waals surface area contributed by atoms with Gasteiger partial charge in [0.25, 0.3) is 0 Å². The van der Waals surface area contributed by atoms with Crippen LogP contribution < -0.4 is 20.7 Å². The normalized spacial score (nSPS) is 24.5. The zero-order valence-electron chi connectivity index (χ0n) is 25.3. The van der Waals surface area contributed by atoms with E-state index in [0.29, 0.717) is 32.5 Å². The van der Waals surface area contributed by atoms with Crippen LogP contribution in [0.3, 0.4) is 0 Å². The van der Waals surface area contributed by atoms with Gasteiger partial charge in [-0.25, -0.2) is 0 Å². The van der Waals surface area contributed by atoms with Crippen LogP contribution in [0.4, 0.5) is 0 Å². The first-order chi connectivity index (χ1) is 20.7. The molecule has 1 aliphatic carbocycles. The van der Waals surface area contributed by atoms with E-state index in [1.807, 2.05) is 24.3 Å². The number of aryl methyl sites for hydroxylation is 1. The third-order valence-electron chi connectivity index (χ3n) is 8.51. The smallest absolute Gasteiger partial charge is 0.246 e. The lowest BCUT2D eigenvalue weighted by molar-refractivity contribution is -0.146. The van der Waals surface area contributed by atoms with Gasteiger partial charge in [-0.3, -0.25) is 14.4 Å². The van der Waals surface area contributed by atoms with Crippen molar-refractivity contribution in [3.63, 3.8) is 0 Å². The highest BCUT2D eigenvalue weighted by atomic mass is 16.5. The summed E-state index contributed by atoms with van der Waals surface area (Å²) in [4.78, 5) is 42.4. The number of phenolic OH excluding ortho intramolecular Hbond substituents is 1. The van der Waals surface area contributed by atoms with Crippen LogP contribution >= 0.6 is 0 Å². The van der Waals surface area contributed by atoms with Gasteiger partial charge in [-0.15, -0.1) is 0 Å². The number of para-hydroxylation sites is 1. The Balaban J connectivity index is 1.62. The summed E-state index contributed by atoms with van der Waals surface area (Å²) in [6.07, 6.45) is 5.38. The Hall–Kier alpha value is -3.63. The molecule has 4 atom stereocenters. The number of fused-ring (bicyclic) bond motifs is 1. The molecule has 2 aromatic carbocycles. The summed E-state index contributed by atoms with van der Waals surface area (Å²) < 4.78 is 6.12. The average molecular weight is 595 g/mol. The minimum absolute atomic E-state index is 0.0987. The Morgan fingerprint density at radius 1 is 0.953 bits per heavy atom. The molecule has 234 valence electrons. The molecule has 5 N–H and O–H groups in total. The summed E-state index contributed by atoms with van der Waals surface area (Å²) in [5, 5.41) is 29.6. The highest BCUT2D eigenvalue weighted by Gasteiger charge is 2.38. The molecule has 10 nitrogen and oxygen atoms in total. The second kappa shape index (κ2) is 15.7. The minimum Gasteiger partial charge on any atom is -0.508 e. The Morgan fingerprint density at radius 3 is 2.40 bits per heavy atom. The number of benzene rings is 2. The van der Waals surface area contributed by atoms with Crippen molar-refractivity contribution in [2.45, 2.75) is 82.5 Å². The Bertz CT molecular complexity index is 1210. The van der Waals surface area contributed by atoms with Crippen molar-refractivity contribution in [3.05, 3.63) is 59.7 Å². The number of ether oxygens (including phenoxy) is 1.